The number of hydrogen-bond acceptors (Lipinski definition) is 3. The van der Waals surface area contributed by atoms with Crippen LogP contribution >= 0.6 is 0 Å². The van der Waals surface area contributed by atoms with Crippen LogP contribution in [0.15, 0.2) is 12.2 Å². The summed E-state index contributed by atoms with van der Waals surface area (Å²) < 4.78 is 5.70. The summed E-state index contributed by atoms with van der Waals surface area (Å²) in [5.74, 6) is -0.795. The third-order valence-corrected chi connectivity index (χ3v) is 4.97. The maximum atomic E-state index is 12.1. The molecular formula is C24H44O4. The Morgan fingerprint density at radius 3 is 2.07 bits per heavy atom. The van der Waals surface area contributed by atoms with Gasteiger partial charge in [-0.3, -0.25) is 9.59 Å². The summed E-state index contributed by atoms with van der Waals surface area (Å²) in [5, 5.41) is 8.68. The summed E-state index contributed by atoms with van der Waals surface area (Å²) in [6.07, 6.45) is 21.1. The molecule has 0 bridgehead atoms. The highest BCUT2D eigenvalue weighted by atomic mass is 16.5. The molecule has 0 saturated heterocycles. The molecule has 28 heavy (non-hydrogen) atoms. The van der Waals surface area contributed by atoms with Crippen molar-refractivity contribution in [2.75, 3.05) is 0 Å². The Labute approximate surface area is 173 Å². The van der Waals surface area contributed by atoms with Crippen molar-refractivity contribution in [3.05, 3.63) is 12.2 Å². The first-order chi connectivity index (χ1) is 13.6. The maximum Gasteiger partial charge on any atom is 0.306 e. The number of hydrogen-bond donors (Lipinski definition) is 1. The molecule has 0 spiro atoms. The van der Waals surface area contributed by atoms with Gasteiger partial charge in [-0.2, -0.15) is 0 Å². The Balaban J connectivity index is 3.78. The van der Waals surface area contributed by atoms with Crippen LogP contribution in [0.5, 0.6) is 0 Å². The summed E-state index contributed by atoms with van der Waals surface area (Å²) in [4.78, 5) is 22.7. The van der Waals surface area contributed by atoms with Gasteiger partial charge in [-0.1, -0.05) is 70.9 Å². The van der Waals surface area contributed by atoms with Crippen LogP contribution in [0.3, 0.4) is 0 Å². The van der Waals surface area contributed by atoms with Crippen LogP contribution in [0, 0.1) is 0 Å². The number of carboxylic acids is 1. The zero-order chi connectivity index (χ0) is 20.9. The predicted octanol–water partition coefficient (Wildman–Crippen LogP) is 7.21. The molecular weight excluding hydrogens is 352 g/mol. The average Bonchev–Trinajstić information content (AvgIpc) is 2.66. The minimum Gasteiger partial charge on any atom is -0.481 e. The van der Waals surface area contributed by atoms with E-state index < -0.39 is 5.97 Å². The number of carboxylic acid groups (broad SMARTS) is 1. The number of unbranched alkanes of at least 4 members (excludes halogenated alkanes) is 9. The molecule has 0 aliphatic heterocycles. The van der Waals surface area contributed by atoms with Gasteiger partial charge in [0.2, 0.25) is 0 Å². The minimum absolute atomic E-state index is 0.00665. The lowest BCUT2D eigenvalue weighted by atomic mass is 10.0. The molecule has 0 rings (SSSR count). The standard InChI is InChI=1S/C24H44O4/c1-3-5-7-8-9-10-11-12-13-17-21-24(27)28-22(18-6-4-2)19-15-14-16-20-23(25)26/h7-8,22H,3-6,9-21H2,1-2H3,(H,25,26)/b8-7-. The van der Waals surface area contributed by atoms with Crippen molar-refractivity contribution >= 4 is 11.9 Å². The van der Waals surface area contributed by atoms with E-state index in [9.17, 15) is 9.59 Å². The van der Waals surface area contributed by atoms with Crippen LogP contribution in [-0.2, 0) is 14.3 Å². The molecule has 0 aromatic heterocycles. The van der Waals surface area contributed by atoms with E-state index in [1.54, 1.807) is 0 Å². The molecule has 1 N–H and O–H groups in total. The van der Waals surface area contributed by atoms with Gasteiger partial charge in [0.15, 0.2) is 0 Å². The molecule has 0 aromatic carbocycles. The smallest absolute Gasteiger partial charge is 0.306 e. The maximum absolute atomic E-state index is 12.1. The molecule has 1 unspecified atom stereocenters. The van der Waals surface area contributed by atoms with Crippen LogP contribution < -0.4 is 0 Å². The third kappa shape index (κ3) is 19.4. The van der Waals surface area contributed by atoms with Gasteiger partial charge in [0.1, 0.15) is 6.10 Å². The third-order valence-electron chi connectivity index (χ3n) is 4.97. The van der Waals surface area contributed by atoms with Gasteiger partial charge in [-0.05, 0) is 51.4 Å². The number of carbonyl (C=O) groups is 2. The number of esters is 1. The van der Waals surface area contributed by atoms with Crippen molar-refractivity contribution in [1.29, 1.82) is 0 Å². The van der Waals surface area contributed by atoms with E-state index in [-0.39, 0.29) is 18.5 Å². The highest BCUT2D eigenvalue weighted by molar-refractivity contribution is 5.69. The number of ether oxygens (including phenoxy) is 1. The Kier molecular flexibility index (Phi) is 19.5. The molecule has 164 valence electrons. The topological polar surface area (TPSA) is 63.6 Å². The van der Waals surface area contributed by atoms with E-state index in [4.69, 9.17) is 9.84 Å². The fourth-order valence-electron chi connectivity index (χ4n) is 3.23. The summed E-state index contributed by atoms with van der Waals surface area (Å²) in [6.45, 7) is 4.34. The Bertz CT molecular complexity index is 403. The lowest BCUT2D eigenvalue weighted by Gasteiger charge is -2.17. The molecule has 0 amide bonds. The quantitative estimate of drug-likeness (QED) is 0.134. The second-order valence-corrected chi connectivity index (χ2v) is 7.81. The zero-order valence-corrected chi connectivity index (χ0v) is 18.4. The largest absolute Gasteiger partial charge is 0.481 e. The highest BCUT2D eigenvalue weighted by Crippen LogP contribution is 2.16. The van der Waals surface area contributed by atoms with Gasteiger partial charge in [-0.25, -0.2) is 0 Å². The fourth-order valence-corrected chi connectivity index (χ4v) is 3.23. The predicted molar refractivity (Wildman–Crippen MR) is 116 cm³/mol. The molecule has 0 aromatic rings. The lowest BCUT2D eigenvalue weighted by molar-refractivity contribution is -0.150. The zero-order valence-electron chi connectivity index (χ0n) is 18.4. The number of rotatable bonds is 20. The number of allylic oxidation sites excluding steroid dienone is 2. The van der Waals surface area contributed by atoms with Crippen LogP contribution in [0.25, 0.3) is 0 Å². The van der Waals surface area contributed by atoms with Crippen molar-refractivity contribution in [3.8, 4) is 0 Å². The normalized spacial score (nSPS) is 12.4. The van der Waals surface area contributed by atoms with E-state index in [0.717, 1.165) is 51.4 Å². The van der Waals surface area contributed by atoms with Gasteiger partial charge in [0.05, 0.1) is 0 Å². The van der Waals surface area contributed by atoms with E-state index in [1.807, 2.05) is 0 Å². The Morgan fingerprint density at radius 1 is 0.750 bits per heavy atom. The van der Waals surface area contributed by atoms with Gasteiger partial charge < -0.3 is 9.84 Å². The minimum atomic E-state index is -0.734. The van der Waals surface area contributed by atoms with Gasteiger partial charge in [-0.15, -0.1) is 0 Å². The van der Waals surface area contributed by atoms with Gasteiger partial charge in [0, 0.05) is 12.8 Å². The molecule has 0 saturated carbocycles. The second kappa shape index (κ2) is 20.4. The number of carbonyl (C=O) groups excluding carboxylic acids is 1. The van der Waals surface area contributed by atoms with Crippen LogP contribution in [-0.4, -0.2) is 23.1 Å². The Morgan fingerprint density at radius 2 is 1.36 bits per heavy atom. The van der Waals surface area contributed by atoms with Crippen LogP contribution in [0.2, 0.25) is 0 Å². The van der Waals surface area contributed by atoms with E-state index in [1.165, 1.54) is 38.5 Å². The van der Waals surface area contributed by atoms with Gasteiger partial charge >= 0.3 is 11.9 Å². The average molecular weight is 397 g/mol. The first-order valence-corrected chi connectivity index (χ1v) is 11.7. The van der Waals surface area contributed by atoms with Crippen molar-refractivity contribution in [3.63, 3.8) is 0 Å². The SMILES string of the molecule is CCC/C=C\CCCCCCCC(=O)OC(CCCC)CCCCCC(=O)O. The van der Waals surface area contributed by atoms with Crippen molar-refractivity contribution in [1.82, 2.24) is 0 Å². The van der Waals surface area contributed by atoms with Gasteiger partial charge in [0.25, 0.3) is 0 Å². The lowest BCUT2D eigenvalue weighted by Crippen LogP contribution is -2.18. The van der Waals surface area contributed by atoms with Crippen molar-refractivity contribution < 1.29 is 19.4 Å². The number of aliphatic carboxylic acids is 1. The Hall–Kier alpha value is -1.32. The first kappa shape index (κ1) is 26.7. The molecule has 4 heteroatoms. The van der Waals surface area contributed by atoms with E-state index in [2.05, 4.69) is 26.0 Å². The molecule has 1 atom stereocenters. The van der Waals surface area contributed by atoms with Crippen molar-refractivity contribution in [2.24, 2.45) is 0 Å². The molecule has 0 fully saturated rings. The molecule has 0 aliphatic carbocycles. The van der Waals surface area contributed by atoms with E-state index >= 15 is 0 Å². The summed E-state index contributed by atoms with van der Waals surface area (Å²) in [5.41, 5.74) is 0. The second-order valence-electron chi connectivity index (χ2n) is 7.81. The summed E-state index contributed by atoms with van der Waals surface area (Å²) >= 11 is 0. The molecule has 0 radical (unpaired) electrons. The molecule has 4 nitrogen and oxygen atoms in total. The fraction of sp³-hybridized carbons (Fsp3) is 0.833. The summed E-state index contributed by atoms with van der Waals surface area (Å²) in [6, 6.07) is 0. The van der Waals surface area contributed by atoms with Crippen molar-refractivity contribution in [2.45, 2.75) is 129 Å². The highest BCUT2D eigenvalue weighted by Gasteiger charge is 2.14. The van der Waals surface area contributed by atoms with Crippen LogP contribution in [0.1, 0.15) is 123 Å². The molecule has 0 aliphatic rings. The van der Waals surface area contributed by atoms with Crippen LogP contribution in [0.4, 0.5) is 0 Å². The van der Waals surface area contributed by atoms with E-state index in [0.29, 0.717) is 12.8 Å². The monoisotopic (exact) mass is 396 g/mol. The first-order valence-electron chi connectivity index (χ1n) is 11.7. The molecule has 0 heterocycles. The summed E-state index contributed by atoms with van der Waals surface area (Å²) in [7, 11) is 0.